The van der Waals surface area contributed by atoms with E-state index < -0.39 is 0 Å². The quantitative estimate of drug-likeness (QED) is 0.767. The molecule has 0 spiro atoms. The first-order valence-electron chi connectivity index (χ1n) is 5.85. The zero-order valence-electron chi connectivity index (χ0n) is 8.87. The Balaban J connectivity index is 1.53. The minimum Gasteiger partial charge on any atom is -0.367 e. The van der Waals surface area contributed by atoms with E-state index in [-0.39, 0.29) is 0 Å². The summed E-state index contributed by atoms with van der Waals surface area (Å²) < 4.78 is 0. The highest BCUT2D eigenvalue weighted by atomic mass is 15.0. The minimum absolute atomic E-state index is 0.688. The first-order chi connectivity index (χ1) is 7.40. The van der Waals surface area contributed by atoms with Gasteiger partial charge in [-0.1, -0.05) is 6.07 Å². The maximum Gasteiger partial charge on any atom is 0.126 e. The Morgan fingerprint density at radius 3 is 2.53 bits per heavy atom. The molecule has 1 aromatic heterocycles. The predicted octanol–water partition coefficient (Wildman–Crippen LogP) is 1.91. The third kappa shape index (κ3) is 2.69. The number of nitrogens with one attached hydrogen (secondary N) is 2. The molecule has 0 radical (unpaired) electrons. The molecule has 0 atom stereocenters. The smallest absolute Gasteiger partial charge is 0.126 e. The molecular formula is C12H17N3. The summed E-state index contributed by atoms with van der Waals surface area (Å²) >= 11 is 0. The van der Waals surface area contributed by atoms with Crippen LogP contribution in [0.25, 0.3) is 0 Å². The van der Waals surface area contributed by atoms with Crippen LogP contribution in [-0.2, 0) is 6.54 Å². The van der Waals surface area contributed by atoms with Crippen molar-refractivity contribution < 1.29 is 0 Å². The predicted molar refractivity (Wildman–Crippen MR) is 60.7 cm³/mol. The van der Waals surface area contributed by atoms with Gasteiger partial charge in [-0.15, -0.1) is 0 Å². The van der Waals surface area contributed by atoms with Crippen molar-refractivity contribution in [1.82, 2.24) is 10.3 Å². The van der Waals surface area contributed by atoms with Crippen LogP contribution in [0.4, 0.5) is 5.82 Å². The second-order valence-electron chi connectivity index (χ2n) is 4.63. The summed E-state index contributed by atoms with van der Waals surface area (Å²) in [5.41, 5.74) is 1.28. The molecule has 2 aliphatic rings. The molecule has 80 valence electrons. The molecule has 3 rings (SSSR count). The molecule has 0 amide bonds. The van der Waals surface area contributed by atoms with Gasteiger partial charge < -0.3 is 10.6 Å². The fourth-order valence-electron chi connectivity index (χ4n) is 1.60. The van der Waals surface area contributed by atoms with E-state index in [0.717, 1.165) is 18.4 Å². The van der Waals surface area contributed by atoms with Crippen LogP contribution in [0.3, 0.4) is 0 Å². The van der Waals surface area contributed by atoms with Gasteiger partial charge >= 0.3 is 0 Å². The van der Waals surface area contributed by atoms with E-state index in [1.54, 1.807) is 0 Å². The van der Waals surface area contributed by atoms with Gasteiger partial charge in [-0.25, -0.2) is 4.98 Å². The van der Waals surface area contributed by atoms with Gasteiger partial charge in [-0.2, -0.15) is 0 Å². The van der Waals surface area contributed by atoms with Crippen LogP contribution in [0.1, 0.15) is 31.2 Å². The number of hydrogen-bond donors (Lipinski definition) is 2. The second-order valence-corrected chi connectivity index (χ2v) is 4.63. The molecule has 1 heterocycles. The molecule has 3 nitrogen and oxygen atoms in total. The number of pyridine rings is 1. The topological polar surface area (TPSA) is 37.0 Å². The zero-order chi connectivity index (χ0) is 10.1. The third-order valence-electron chi connectivity index (χ3n) is 2.93. The average Bonchev–Trinajstić information content (AvgIpc) is 3.12. The molecule has 3 heteroatoms. The van der Waals surface area contributed by atoms with Crippen LogP contribution in [0.2, 0.25) is 0 Å². The Morgan fingerprint density at radius 2 is 1.93 bits per heavy atom. The normalized spacial score (nSPS) is 20.3. The SMILES string of the molecule is c1cc(NC2CC2)ncc1CNC1CC1. The Kier molecular flexibility index (Phi) is 2.33. The van der Waals surface area contributed by atoms with Crippen LogP contribution in [-0.4, -0.2) is 17.1 Å². The first kappa shape index (κ1) is 9.16. The standard InChI is InChI=1S/C12H17N3/c1-6-12(15-11-4-5-11)14-8-9(1)7-13-10-2-3-10/h1,6,8,10-11,13H,2-5,7H2,(H,14,15). The Labute approximate surface area is 90.3 Å². The summed E-state index contributed by atoms with van der Waals surface area (Å²) in [6.45, 7) is 0.960. The fourth-order valence-corrected chi connectivity index (χ4v) is 1.60. The molecule has 0 saturated heterocycles. The molecule has 2 N–H and O–H groups in total. The largest absolute Gasteiger partial charge is 0.367 e. The van der Waals surface area contributed by atoms with Crippen LogP contribution in [0, 0.1) is 0 Å². The summed E-state index contributed by atoms with van der Waals surface area (Å²) in [6.07, 6.45) is 7.25. The summed E-state index contributed by atoms with van der Waals surface area (Å²) in [5.74, 6) is 1.02. The number of anilines is 1. The highest BCUT2D eigenvalue weighted by molar-refractivity contribution is 5.37. The van der Waals surface area contributed by atoms with E-state index in [1.165, 1.54) is 31.2 Å². The van der Waals surface area contributed by atoms with Crippen molar-refractivity contribution in [1.29, 1.82) is 0 Å². The van der Waals surface area contributed by atoms with Gasteiger partial charge in [-0.05, 0) is 37.3 Å². The molecule has 0 aliphatic heterocycles. The lowest BCUT2D eigenvalue weighted by Crippen LogP contribution is -2.15. The average molecular weight is 203 g/mol. The van der Waals surface area contributed by atoms with Crippen LogP contribution >= 0.6 is 0 Å². The van der Waals surface area contributed by atoms with Gasteiger partial charge in [-0.3, -0.25) is 0 Å². The van der Waals surface area contributed by atoms with Crippen LogP contribution in [0.15, 0.2) is 18.3 Å². The minimum atomic E-state index is 0.688. The summed E-state index contributed by atoms with van der Waals surface area (Å²) in [5, 5.41) is 6.87. The number of hydrogen-bond acceptors (Lipinski definition) is 3. The Hall–Kier alpha value is -1.09. The molecule has 2 aliphatic carbocycles. The van der Waals surface area contributed by atoms with Gasteiger partial charge in [0.1, 0.15) is 5.82 Å². The van der Waals surface area contributed by atoms with Crippen molar-refractivity contribution in [3.05, 3.63) is 23.9 Å². The zero-order valence-corrected chi connectivity index (χ0v) is 8.87. The highest BCUT2D eigenvalue weighted by Crippen LogP contribution is 2.23. The van der Waals surface area contributed by atoms with Gasteiger partial charge in [0, 0.05) is 24.8 Å². The molecule has 15 heavy (non-hydrogen) atoms. The second kappa shape index (κ2) is 3.81. The molecule has 0 unspecified atom stereocenters. The number of aromatic nitrogens is 1. The van der Waals surface area contributed by atoms with Gasteiger partial charge in [0.05, 0.1) is 0 Å². The van der Waals surface area contributed by atoms with Crippen molar-refractivity contribution in [3.63, 3.8) is 0 Å². The lowest BCUT2D eigenvalue weighted by Gasteiger charge is -2.05. The summed E-state index contributed by atoms with van der Waals surface area (Å²) in [4.78, 5) is 4.41. The molecule has 0 aromatic carbocycles. The lowest BCUT2D eigenvalue weighted by atomic mass is 10.3. The van der Waals surface area contributed by atoms with Crippen LogP contribution < -0.4 is 10.6 Å². The third-order valence-corrected chi connectivity index (χ3v) is 2.93. The molecule has 1 aromatic rings. The van der Waals surface area contributed by atoms with E-state index in [0.29, 0.717) is 6.04 Å². The van der Waals surface area contributed by atoms with Crippen molar-refractivity contribution >= 4 is 5.82 Å². The molecule has 2 saturated carbocycles. The maximum atomic E-state index is 4.41. The fraction of sp³-hybridized carbons (Fsp3) is 0.583. The first-order valence-corrected chi connectivity index (χ1v) is 5.85. The van der Waals surface area contributed by atoms with E-state index in [4.69, 9.17) is 0 Å². The van der Waals surface area contributed by atoms with Gasteiger partial charge in [0.2, 0.25) is 0 Å². The van der Waals surface area contributed by atoms with Crippen molar-refractivity contribution in [2.75, 3.05) is 5.32 Å². The monoisotopic (exact) mass is 203 g/mol. The summed E-state index contributed by atoms with van der Waals surface area (Å²) in [6, 6.07) is 5.71. The van der Waals surface area contributed by atoms with Gasteiger partial charge in [0.15, 0.2) is 0 Å². The number of nitrogens with zero attached hydrogens (tertiary/aromatic N) is 1. The highest BCUT2D eigenvalue weighted by Gasteiger charge is 2.21. The van der Waals surface area contributed by atoms with E-state index in [2.05, 4.69) is 27.8 Å². The van der Waals surface area contributed by atoms with E-state index >= 15 is 0 Å². The Morgan fingerprint density at radius 1 is 1.13 bits per heavy atom. The maximum absolute atomic E-state index is 4.41. The molecular weight excluding hydrogens is 186 g/mol. The van der Waals surface area contributed by atoms with Crippen molar-refractivity contribution in [2.24, 2.45) is 0 Å². The van der Waals surface area contributed by atoms with Crippen molar-refractivity contribution in [3.8, 4) is 0 Å². The summed E-state index contributed by atoms with van der Waals surface area (Å²) in [7, 11) is 0. The lowest BCUT2D eigenvalue weighted by molar-refractivity contribution is 0.686. The number of rotatable bonds is 5. The van der Waals surface area contributed by atoms with E-state index in [9.17, 15) is 0 Å². The van der Waals surface area contributed by atoms with Crippen molar-refractivity contribution in [2.45, 2.75) is 44.3 Å². The van der Waals surface area contributed by atoms with Crippen LogP contribution in [0.5, 0.6) is 0 Å². The van der Waals surface area contributed by atoms with Gasteiger partial charge in [0.25, 0.3) is 0 Å². The molecule has 0 bridgehead atoms. The molecule has 2 fully saturated rings. The van der Waals surface area contributed by atoms with E-state index in [1.807, 2.05) is 6.20 Å². The Bertz CT molecular complexity index is 325.